The van der Waals surface area contributed by atoms with Gasteiger partial charge in [0.25, 0.3) is 11.8 Å². The van der Waals surface area contributed by atoms with Crippen molar-refractivity contribution in [2.45, 2.75) is 13.5 Å². The van der Waals surface area contributed by atoms with Gasteiger partial charge in [-0.15, -0.1) is 0 Å². The van der Waals surface area contributed by atoms with Crippen molar-refractivity contribution >= 4 is 27.7 Å². The summed E-state index contributed by atoms with van der Waals surface area (Å²) in [5.41, 5.74) is 4.40. The number of carbonyl (C=O) groups excluding carboxylic acids is 2. The van der Waals surface area contributed by atoms with E-state index in [9.17, 15) is 9.59 Å². The molecule has 1 heterocycles. The average Bonchev–Trinajstić information content (AvgIpc) is 2.71. The smallest absolute Gasteiger partial charge is 0.253 e. The number of amides is 2. The molecule has 28 heavy (non-hydrogen) atoms. The van der Waals surface area contributed by atoms with Crippen LogP contribution in [0.3, 0.4) is 0 Å². The first kappa shape index (κ1) is 19.8. The molecule has 2 aromatic carbocycles. The zero-order valence-corrected chi connectivity index (χ0v) is 17.2. The fourth-order valence-electron chi connectivity index (χ4n) is 2.85. The topological polar surface area (TPSA) is 71.1 Å². The van der Waals surface area contributed by atoms with Crippen LogP contribution in [0.2, 0.25) is 0 Å². The molecule has 3 aromatic rings. The summed E-state index contributed by atoms with van der Waals surface area (Å²) in [6, 6.07) is 18.7. The highest BCUT2D eigenvalue weighted by Crippen LogP contribution is 2.22. The third-order valence-electron chi connectivity index (χ3n) is 4.32. The summed E-state index contributed by atoms with van der Waals surface area (Å²) >= 11 is 3.46. The zero-order valence-electron chi connectivity index (χ0n) is 15.6. The van der Waals surface area contributed by atoms with Crippen LogP contribution in [-0.4, -0.2) is 23.8 Å². The Labute approximate surface area is 172 Å². The summed E-state index contributed by atoms with van der Waals surface area (Å²) < 4.78 is 0.977. The summed E-state index contributed by atoms with van der Waals surface area (Å²) in [6.45, 7) is 2.15. The molecule has 0 saturated carbocycles. The van der Waals surface area contributed by atoms with Gasteiger partial charge in [0.1, 0.15) is 0 Å². The number of nitrogens with zero attached hydrogens (tertiary/aromatic N) is 1. The van der Waals surface area contributed by atoms with Gasteiger partial charge in [0.05, 0.1) is 17.0 Å². The molecule has 2 N–H and O–H groups in total. The van der Waals surface area contributed by atoms with Crippen LogP contribution in [0.4, 0.5) is 0 Å². The quantitative estimate of drug-likeness (QED) is 0.630. The Kier molecular flexibility index (Phi) is 6.21. The fourth-order valence-corrected chi connectivity index (χ4v) is 3.25. The Morgan fingerprint density at radius 2 is 1.79 bits per heavy atom. The lowest BCUT2D eigenvalue weighted by atomic mass is 10.1. The molecule has 0 bridgehead atoms. The van der Waals surface area contributed by atoms with Gasteiger partial charge in [0.15, 0.2) is 0 Å². The van der Waals surface area contributed by atoms with Crippen molar-refractivity contribution in [3.8, 4) is 11.3 Å². The van der Waals surface area contributed by atoms with Crippen LogP contribution < -0.4 is 10.6 Å². The predicted molar refractivity (Wildman–Crippen MR) is 113 cm³/mol. The number of pyridine rings is 1. The predicted octanol–water partition coefficient (Wildman–Crippen LogP) is 4.11. The molecule has 1 aromatic heterocycles. The third kappa shape index (κ3) is 4.64. The van der Waals surface area contributed by atoms with Crippen LogP contribution in [0.15, 0.2) is 65.1 Å². The maximum atomic E-state index is 12.6. The van der Waals surface area contributed by atoms with E-state index in [0.29, 0.717) is 23.4 Å². The molecule has 142 valence electrons. The number of carbonyl (C=O) groups is 2. The average molecular weight is 438 g/mol. The highest BCUT2D eigenvalue weighted by molar-refractivity contribution is 9.10. The molecule has 2 amide bonds. The Balaban J connectivity index is 1.72. The lowest BCUT2D eigenvalue weighted by Gasteiger charge is -2.10. The van der Waals surface area contributed by atoms with Gasteiger partial charge in [-0.3, -0.25) is 14.6 Å². The third-order valence-corrected chi connectivity index (χ3v) is 4.81. The van der Waals surface area contributed by atoms with Gasteiger partial charge in [-0.05, 0) is 48.9 Å². The van der Waals surface area contributed by atoms with E-state index in [1.54, 1.807) is 31.3 Å². The van der Waals surface area contributed by atoms with Crippen LogP contribution in [0.1, 0.15) is 32.0 Å². The second kappa shape index (κ2) is 8.80. The summed E-state index contributed by atoms with van der Waals surface area (Å²) in [4.78, 5) is 28.9. The SMILES string of the molecule is CNC(=O)c1cccc(CNC(=O)c2ccc(-c3cccc(Br)c3)nc2C)c1. The van der Waals surface area contributed by atoms with Crippen LogP contribution in [0.5, 0.6) is 0 Å². The molecule has 0 unspecified atom stereocenters. The molecule has 0 atom stereocenters. The molecule has 5 nitrogen and oxygen atoms in total. The molecule has 0 saturated heterocycles. The number of aromatic nitrogens is 1. The monoisotopic (exact) mass is 437 g/mol. The maximum absolute atomic E-state index is 12.6. The van der Waals surface area contributed by atoms with E-state index in [0.717, 1.165) is 21.3 Å². The van der Waals surface area contributed by atoms with Crippen molar-refractivity contribution in [1.29, 1.82) is 0 Å². The highest BCUT2D eigenvalue weighted by atomic mass is 79.9. The lowest BCUT2D eigenvalue weighted by Crippen LogP contribution is -2.24. The molecule has 0 spiro atoms. The van der Waals surface area contributed by atoms with E-state index in [4.69, 9.17) is 0 Å². The largest absolute Gasteiger partial charge is 0.355 e. The van der Waals surface area contributed by atoms with Crippen LogP contribution in [0.25, 0.3) is 11.3 Å². The van der Waals surface area contributed by atoms with Gasteiger partial charge in [-0.2, -0.15) is 0 Å². The van der Waals surface area contributed by atoms with E-state index in [1.807, 2.05) is 43.3 Å². The first-order valence-electron chi connectivity index (χ1n) is 8.80. The minimum atomic E-state index is -0.198. The van der Waals surface area contributed by atoms with Crippen molar-refractivity contribution in [3.05, 3.63) is 87.5 Å². The van der Waals surface area contributed by atoms with Crippen molar-refractivity contribution < 1.29 is 9.59 Å². The molecule has 3 rings (SSSR count). The highest BCUT2D eigenvalue weighted by Gasteiger charge is 2.12. The lowest BCUT2D eigenvalue weighted by molar-refractivity contribution is 0.0947. The molecule has 0 aliphatic heterocycles. The summed E-state index contributed by atoms with van der Waals surface area (Å²) in [5.74, 6) is -0.354. The number of aryl methyl sites for hydroxylation is 1. The number of rotatable bonds is 5. The van der Waals surface area contributed by atoms with E-state index >= 15 is 0 Å². The second-order valence-corrected chi connectivity index (χ2v) is 7.22. The van der Waals surface area contributed by atoms with Gasteiger partial charge >= 0.3 is 0 Å². The van der Waals surface area contributed by atoms with E-state index in [-0.39, 0.29) is 11.8 Å². The summed E-state index contributed by atoms with van der Waals surface area (Å²) in [5, 5.41) is 5.48. The first-order chi connectivity index (χ1) is 13.5. The van der Waals surface area contributed by atoms with E-state index in [1.165, 1.54) is 0 Å². The number of nitrogens with one attached hydrogen (secondary N) is 2. The van der Waals surface area contributed by atoms with Crippen molar-refractivity contribution in [3.63, 3.8) is 0 Å². The molecule has 0 radical (unpaired) electrons. The standard InChI is InChI=1S/C22H20BrN3O2/c1-14-19(9-10-20(26-14)16-6-4-8-18(23)12-16)22(28)25-13-15-5-3-7-17(11-15)21(27)24-2/h3-12H,13H2,1-2H3,(H,24,27)(H,25,28). The molecule has 0 aliphatic carbocycles. The van der Waals surface area contributed by atoms with Crippen molar-refractivity contribution in [1.82, 2.24) is 15.6 Å². The number of hydrogen-bond donors (Lipinski definition) is 2. The molecule has 0 fully saturated rings. The van der Waals surface area contributed by atoms with Crippen molar-refractivity contribution in [2.75, 3.05) is 7.05 Å². The number of hydrogen-bond acceptors (Lipinski definition) is 3. The Morgan fingerprint density at radius 3 is 2.50 bits per heavy atom. The second-order valence-electron chi connectivity index (χ2n) is 6.30. The van der Waals surface area contributed by atoms with Crippen LogP contribution in [0, 0.1) is 6.92 Å². The molecule has 6 heteroatoms. The summed E-state index contributed by atoms with van der Waals surface area (Å²) in [7, 11) is 1.59. The van der Waals surface area contributed by atoms with Gasteiger partial charge in [0, 0.05) is 29.2 Å². The Hall–Kier alpha value is -2.99. The Morgan fingerprint density at radius 1 is 1.00 bits per heavy atom. The fraction of sp³-hybridized carbons (Fsp3) is 0.136. The number of halogens is 1. The van der Waals surface area contributed by atoms with Gasteiger partial charge in [-0.25, -0.2) is 0 Å². The molecular weight excluding hydrogens is 418 g/mol. The van der Waals surface area contributed by atoms with Gasteiger partial charge in [-0.1, -0.05) is 40.2 Å². The summed E-state index contributed by atoms with van der Waals surface area (Å²) in [6.07, 6.45) is 0. The van der Waals surface area contributed by atoms with E-state index in [2.05, 4.69) is 31.5 Å². The molecule has 0 aliphatic rings. The normalized spacial score (nSPS) is 10.4. The zero-order chi connectivity index (χ0) is 20.1. The van der Waals surface area contributed by atoms with Crippen LogP contribution >= 0.6 is 15.9 Å². The van der Waals surface area contributed by atoms with Crippen molar-refractivity contribution in [2.24, 2.45) is 0 Å². The first-order valence-corrected chi connectivity index (χ1v) is 9.60. The molecular formula is C22H20BrN3O2. The minimum Gasteiger partial charge on any atom is -0.355 e. The number of benzene rings is 2. The minimum absolute atomic E-state index is 0.156. The van der Waals surface area contributed by atoms with E-state index < -0.39 is 0 Å². The maximum Gasteiger partial charge on any atom is 0.253 e. The van der Waals surface area contributed by atoms with Gasteiger partial charge < -0.3 is 10.6 Å². The Bertz CT molecular complexity index is 1030. The van der Waals surface area contributed by atoms with Gasteiger partial charge in [0.2, 0.25) is 0 Å². The van der Waals surface area contributed by atoms with Crippen LogP contribution in [-0.2, 0) is 6.54 Å².